The van der Waals surface area contributed by atoms with Gasteiger partial charge in [0.15, 0.2) is 0 Å². The maximum Gasteiger partial charge on any atom is 0.322 e. The molecule has 6 nitrogen and oxygen atoms in total. The minimum atomic E-state index is -0.361. The largest absolute Gasteiger partial charge is 0.353 e. The lowest BCUT2D eigenvalue weighted by Crippen LogP contribution is -2.48. The zero-order valence-electron chi connectivity index (χ0n) is 18.2. The van der Waals surface area contributed by atoms with E-state index < -0.39 is 0 Å². The number of aryl methyl sites for hydroxylation is 1. The number of hydrogen-bond donors (Lipinski definition) is 1. The Bertz CT molecular complexity index is 880. The number of urea groups is 1. The Morgan fingerprint density at radius 1 is 1.10 bits per heavy atom. The molecule has 0 aliphatic rings. The van der Waals surface area contributed by atoms with Gasteiger partial charge >= 0.3 is 6.03 Å². The van der Waals surface area contributed by atoms with Crippen molar-refractivity contribution in [2.75, 3.05) is 18.4 Å². The fraction of sp³-hybridized carbons (Fsp3) is 0.455. The van der Waals surface area contributed by atoms with Gasteiger partial charge in [0.05, 0.1) is 16.6 Å². The van der Waals surface area contributed by atoms with E-state index in [0.717, 1.165) is 5.69 Å². The predicted molar refractivity (Wildman–Crippen MR) is 123 cm³/mol. The molecule has 0 atom stereocenters. The third-order valence-corrected chi connectivity index (χ3v) is 5.44. The summed E-state index contributed by atoms with van der Waals surface area (Å²) in [5.41, 5.74) is 1.57. The van der Waals surface area contributed by atoms with Gasteiger partial charge in [0.1, 0.15) is 6.54 Å². The normalized spacial score (nSPS) is 11.1. The maximum atomic E-state index is 13.1. The summed E-state index contributed by atoms with van der Waals surface area (Å²) in [6.07, 6.45) is 1.96. The van der Waals surface area contributed by atoms with Crippen LogP contribution in [0, 0.1) is 5.92 Å². The molecule has 164 valence electrons. The molecule has 2 rings (SSSR count). The summed E-state index contributed by atoms with van der Waals surface area (Å²) in [6.45, 7) is 9.01. The average Bonchev–Trinajstić information content (AvgIpc) is 3.06. The standard InChI is InChI=1S/C22H30Cl2N4O2/c1-15(2)12-27(13-18-7-6-10-26(18)5)21(29)14-28(16(3)4)22(30)25-17-8-9-19(23)20(24)11-17/h6-11,15-16H,12-14H2,1-5H3,(H,25,30). The van der Waals surface area contributed by atoms with E-state index >= 15 is 0 Å². The van der Waals surface area contributed by atoms with Gasteiger partial charge in [-0.1, -0.05) is 37.0 Å². The van der Waals surface area contributed by atoms with Crippen molar-refractivity contribution in [2.24, 2.45) is 13.0 Å². The maximum absolute atomic E-state index is 13.1. The molecular weight excluding hydrogens is 423 g/mol. The van der Waals surface area contributed by atoms with E-state index in [1.54, 1.807) is 18.2 Å². The van der Waals surface area contributed by atoms with Crippen molar-refractivity contribution in [3.8, 4) is 0 Å². The van der Waals surface area contributed by atoms with Crippen molar-refractivity contribution < 1.29 is 9.59 Å². The minimum Gasteiger partial charge on any atom is -0.353 e. The van der Waals surface area contributed by atoms with Gasteiger partial charge in [-0.15, -0.1) is 0 Å². The molecule has 1 aromatic heterocycles. The lowest BCUT2D eigenvalue weighted by atomic mass is 10.2. The molecule has 2 aromatic rings. The van der Waals surface area contributed by atoms with Crippen LogP contribution in [0.1, 0.15) is 33.4 Å². The highest BCUT2D eigenvalue weighted by Gasteiger charge is 2.24. The van der Waals surface area contributed by atoms with Crippen molar-refractivity contribution >= 4 is 40.8 Å². The Morgan fingerprint density at radius 3 is 2.33 bits per heavy atom. The number of aromatic nitrogens is 1. The first kappa shape index (κ1) is 24.1. The lowest BCUT2D eigenvalue weighted by Gasteiger charge is -2.31. The molecule has 0 radical (unpaired) electrons. The summed E-state index contributed by atoms with van der Waals surface area (Å²) in [6, 6.07) is 8.31. The van der Waals surface area contributed by atoms with Gasteiger partial charge in [-0.2, -0.15) is 0 Å². The van der Waals surface area contributed by atoms with Crippen molar-refractivity contribution in [1.29, 1.82) is 0 Å². The molecule has 3 amide bonds. The molecule has 0 unspecified atom stereocenters. The number of hydrogen-bond acceptors (Lipinski definition) is 2. The van der Waals surface area contributed by atoms with Gasteiger partial charge in [-0.3, -0.25) is 4.79 Å². The van der Waals surface area contributed by atoms with Crippen molar-refractivity contribution in [1.82, 2.24) is 14.4 Å². The lowest BCUT2D eigenvalue weighted by molar-refractivity contribution is -0.133. The Kier molecular flexibility index (Phi) is 8.62. The molecule has 0 saturated heterocycles. The quantitative estimate of drug-likeness (QED) is 0.593. The monoisotopic (exact) mass is 452 g/mol. The number of amides is 3. The number of carbonyl (C=O) groups excluding carboxylic acids is 2. The van der Waals surface area contributed by atoms with Gasteiger partial charge in [0.2, 0.25) is 5.91 Å². The first-order chi connectivity index (χ1) is 14.1. The molecule has 0 saturated carbocycles. The number of nitrogens with one attached hydrogen (secondary N) is 1. The van der Waals surface area contributed by atoms with Gasteiger partial charge < -0.3 is 19.7 Å². The van der Waals surface area contributed by atoms with E-state index in [0.29, 0.717) is 34.7 Å². The van der Waals surface area contributed by atoms with E-state index in [4.69, 9.17) is 23.2 Å². The Morgan fingerprint density at radius 2 is 1.80 bits per heavy atom. The van der Waals surface area contributed by atoms with E-state index in [9.17, 15) is 9.59 Å². The first-order valence-electron chi connectivity index (χ1n) is 9.99. The van der Waals surface area contributed by atoms with E-state index in [-0.39, 0.29) is 24.5 Å². The highest BCUT2D eigenvalue weighted by Crippen LogP contribution is 2.25. The second-order valence-electron chi connectivity index (χ2n) is 8.06. The predicted octanol–water partition coefficient (Wildman–Crippen LogP) is 5.26. The van der Waals surface area contributed by atoms with Crippen LogP contribution in [0.25, 0.3) is 0 Å². The Labute approximate surface area is 188 Å². The fourth-order valence-corrected chi connectivity index (χ4v) is 3.35. The molecule has 0 fully saturated rings. The van der Waals surface area contributed by atoms with Crippen LogP contribution in [0.4, 0.5) is 10.5 Å². The van der Waals surface area contributed by atoms with Gasteiger partial charge in [0, 0.05) is 37.2 Å². The third kappa shape index (κ3) is 6.67. The molecule has 1 heterocycles. The summed E-state index contributed by atoms with van der Waals surface area (Å²) >= 11 is 12.0. The molecule has 1 aromatic carbocycles. The first-order valence-corrected chi connectivity index (χ1v) is 10.7. The second-order valence-corrected chi connectivity index (χ2v) is 8.87. The van der Waals surface area contributed by atoms with Crippen LogP contribution in [-0.2, 0) is 18.4 Å². The molecular formula is C22H30Cl2N4O2. The Balaban J connectivity index is 2.13. The van der Waals surface area contributed by atoms with Crippen LogP contribution in [0.3, 0.4) is 0 Å². The zero-order valence-corrected chi connectivity index (χ0v) is 19.7. The smallest absolute Gasteiger partial charge is 0.322 e. The summed E-state index contributed by atoms with van der Waals surface area (Å²) in [4.78, 5) is 29.3. The van der Waals surface area contributed by atoms with E-state index in [1.165, 1.54) is 4.90 Å². The Hall–Kier alpha value is -2.18. The van der Waals surface area contributed by atoms with Gasteiger partial charge in [0.25, 0.3) is 0 Å². The van der Waals surface area contributed by atoms with Gasteiger partial charge in [-0.25, -0.2) is 4.79 Å². The van der Waals surface area contributed by atoms with Crippen LogP contribution in [0.5, 0.6) is 0 Å². The summed E-state index contributed by atoms with van der Waals surface area (Å²) in [5, 5.41) is 3.57. The molecule has 8 heteroatoms. The van der Waals surface area contributed by atoms with E-state index in [1.807, 2.05) is 48.7 Å². The summed E-state index contributed by atoms with van der Waals surface area (Å²) in [7, 11) is 1.96. The van der Waals surface area contributed by atoms with Crippen LogP contribution in [0.15, 0.2) is 36.5 Å². The number of benzene rings is 1. The molecule has 1 N–H and O–H groups in total. The van der Waals surface area contributed by atoms with E-state index in [2.05, 4.69) is 19.2 Å². The number of anilines is 1. The van der Waals surface area contributed by atoms with Crippen molar-refractivity contribution in [3.63, 3.8) is 0 Å². The average molecular weight is 453 g/mol. The minimum absolute atomic E-state index is 0.0119. The second kappa shape index (κ2) is 10.7. The highest BCUT2D eigenvalue weighted by molar-refractivity contribution is 6.42. The molecule has 0 bridgehead atoms. The van der Waals surface area contributed by atoms with Crippen molar-refractivity contribution in [2.45, 2.75) is 40.3 Å². The zero-order chi connectivity index (χ0) is 22.4. The molecule has 30 heavy (non-hydrogen) atoms. The number of nitrogens with zero attached hydrogens (tertiary/aromatic N) is 3. The number of carbonyl (C=O) groups is 2. The number of halogens is 2. The summed E-state index contributed by atoms with van der Waals surface area (Å²) < 4.78 is 2.00. The number of rotatable bonds is 8. The summed E-state index contributed by atoms with van der Waals surface area (Å²) in [5.74, 6) is 0.217. The third-order valence-electron chi connectivity index (χ3n) is 4.70. The highest BCUT2D eigenvalue weighted by atomic mass is 35.5. The molecule has 0 spiro atoms. The van der Waals surface area contributed by atoms with Crippen LogP contribution in [0.2, 0.25) is 10.0 Å². The fourth-order valence-electron chi connectivity index (χ4n) is 3.06. The van der Waals surface area contributed by atoms with Crippen molar-refractivity contribution in [3.05, 3.63) is 52.3 Å². The molecule has 0 aliphatic heterocycles. The SMILES string of the molecule is CC(C)CN(Cc1cccn1C)C(=O)CN(C(=O)Nc1ccc(Cl)c(Cl)c1)C(C)C. The topological polar surface area (TPSA) is 57.6 Å². The van der Waals surface area contributed by atoms with Crippen LogP contribution in [-0.4, -0.2) is 45.4 Å². The molecule has 0 aliphatic carbocycles. The van der Waals surface area contributed by atoms with Crippen LogP contribution < -0.4 is 5.32 Å². The van der Waals surface area contributed by atoms with Crippen LogP contribution >= 0.6 is 23.2 Å². The van der Waals surface area contributed by atoms with Gasteiger partial charge in [-0.05, 0) is 50.1 Å².